The maximum atomic E-state index is 8.89. The molecule has 5 nitrogen and oxygen atoms in total. The highest BCUT2D eigenvalue weighted by Crippen LogP contribution is 2.21. The second-order valence-corrected chi connectivity index (χ2v) is 5.19. The maximum absolute atomic E-state index is 8.89. The number of hydrogen-bond acceptors (Lipinski definition) is 4. The molecular weight excluding hydrogens is 264 g/mol. The third kappa shape index (κ3) is 3.98. The molecule has 0 amide bonds. The fourth-order valence-corrected chi connectivity index (χ4v) is 2.20. The van der Waals surface area contributed by atoms with Crippen LogP contribution < -0.4 is 10.2 Å². The molecule has 0 aliphatic rings. The minimum absolute atomic E-state index is 0.100. The average molecular weight is 288 g/mol. The summed E-state index contributed by atoms with van der Waals surface area (Å²) in [5, 5.41) is 16.5. The minimum Gasteiger partial charge on any atom is -0.394 e. The highest BCUT2D eigenvalue weighted by molar-refractivity contribution is 5.48. The van der Waals surface area contributed by atoms with E-state index in [2.05, 4.69) is 60.5 Å². The molecular formula is C16H24N4O. The Morgan fingerprint density at radius 2 is 2.05 bits per heavy atom. The van der Waals surface area contributed by atoms with Gasteiger partial charge in [-0.25, -0.2) is 0 Å². The van der Waals surface area contributed by atoms with Crippen LogP contribution in [-0.4, -0.2) is 35.1 Å². The van der Waals surface area contributed by atoms with Crippen LogP contribution in [0, 0.1) is 0 Å². The van der Waals surface area contributed by atoms with Crippen molar-refractivity contribution in [3.8, 4) is 0 Å². The molecule has 2 aromatic rings. The molecule has 0 radical (unpaired) electrons. The van der Waals surface area contributed by atoms with E-state index in [1.54, 1.807) is 10.9 Å². The summed E-state index contributed by atoms with van der Waals surface area (Å²) in [6, 6.07) is 8.80. The summed E-state index contributed by atoms with van der Waals surface area (Å²) < 4.78 is 1.73. The molecule has 0 saturated heterocycles. The third-order valence-corrected chi connectivity index (χ3v) is 3.65. The first-order valence-corrected chi connectivity index (χ1v) is 7.35. The molecule has 1 atom stereocenters. The number of anilines is 2. The Bertz CT molecular complexity index is 550. The van der Waals surface area contributed by atoms with Crippen molar-refractivity contribution < 1.29 is 5.11 Å². The van der Waals surface area contributed by atoms with E-state index in [0.717, 1.165) is 12.2 Å². The highest BCUT2D eigenvalue weighted by Gasteiger charge is 2.07. The van der Waals surface area contributed by atoms with E-state index in [0.29, 0.717) is 6.54 Å². The van der Waals surface area contributed by atoms with Crippen LogP contribution in [0.1, 0.15) is 25.5 Å². The number of rotatable bonds is 7. The summed E-state index contributed by atoms with van der Waals surface area (Å²) in [6.07, 6.45) is 3.69. The van der Waals surface area contributed by atoms with Gasteiger partial charge in [-0.3, -0.25) is 4.68 Å². The van der Waals surface area contributed by atoms with Gasteiger partial charge in [-0.1, -0.05) is 12.1 Å². The van der Waals surface area contributed by atoms with Gasteiger partial charge in [0.15, 0.2) is 0 Å². The first-order chi connectivity index (χ1) is 10.1. The molecule has 0 aliphatic heterocycles. The van der Waals surface area contributed by atoms with Gasteiger partial charge in [-0.15, -0.1) is 0 Å². The van der Waals surface area contributed by atoms with Gasteiger partial charge in [0, 0.05) is 31.5 Å². The first kappa shape index (κ1) is 15.4. The number of hydrogen-bond donors (Lipinski definition) is 2. The Morgan fingerprint density at radius 3 is 2.67 bits per heavy atom. The summed E-state index contributed by atoms with van der Waals surface area (Å²) in [5.41, 5.74) is 3.42. The van der Waals surface area contributed by atoms with Crippen molar-refractivity contribution in [3.05, 3.63) is 42.2 Å². The van der Waals surface area contributed by atoms with Crippen molar-refractivity contribution in [2.75, 3.05) is 30.4 Å². The lowest BCUT2D eigenvalue weighted by Gasteiger charge is -2.19. The van der Waals surface area contributed by atoms with Gasteiger partial charge in [0.25, 0.3) is 0 Å². The Morgan fingerprint density at radius 1 is 1.33 bits per heavy atom. The van der Waals surface area contributed by atoms with Crippen LogP contribution in [-0.2, 0) is 6.54 Å². The quantitative estimate of drug-likeness (QED) is 0.822. The largest absolute Gasteiger partial charge is 0.394 e. The highest BCUT2D eigenvalue weighted by atomic mass is 16.3. The zero-order valence-corrected chi connectivity index (χ0v) is 13.0. The van der Waals surface area contributed by atoms with E-state index in [9.17, 15) is 0 Å². The van der Waals surface area contributed by atoms with E-state index in [-0.39, 0.29) is 12.6 Å². The topological polar surface area (TPSA) is 53.3 Å². The lowest BCUT2D eigenvalue weighted by Crippen LogP contribution is -2.15. The second-order valence-electron chi connectivity index (χ2n) is 5.19. The summed E-state index contributed by atoms with van der Waals surface area (Å²) in [6.45, 7) is 5.89. The SMILES string of the molecule is CCN(C)c1ccc(C(C)Nc2cnn(CCO)c2)cc1. The molecule has 114 valence electrons. The zero-order chi connectivity index (χ0) is 15.2. The van der Waals surface area contributed by atoms with Crippen molar-refractivity contribution in [1.29, 1.82) is 0 Å². The fraction of sp³-hybridized carbons (Fsp3) is 0.438. The smallest absolute Gasteiger partial charge is 0.0731 e. The predicted octanol–water partition coefficient (Wildman–Crippen LogP) is 2.50. The second kappa shape index (κ2) is 7.13. The van der Waals surface area contributed by atoms with Crippen LogP contribution in [0.2, 0.25) is 0 Å². The van der Waals surface area contributed by atoms with Crippen molar-refractivity contribution in [2.45, 2.75) is 26.4 Å². The van der Waals surface area contributed by atoms with Crippen LogP contribution >= 0.6 is 0 Å². The number of aliphatic hydroxyl groups excluding tert-OH is 1. The minimum atomic E-state index is 0.100. The molecule has 0 saturated carbocycles. The number of aromatic nitrogens is 2. The average Bonchev–Trinajstić information content (AvgIpc) is 2.94. The zero-order valence-electron chi connectivity index (χ0n) is 13.0. The number of nitrogens with one attached hydrogen (secondary N) is 1. The fourth-order valence-electron chi connectivity index (χ4n) is 2.20. The maximum Gasteiger partial charge on any atom is 0.0731 e. The first-order valence-electron chi connectivity index (χ1n) is 7.35. The van der Waals surface area contributed by atoms with Gasteiger partial charge in [-0.2, -0.15) is 5.10 Å². The van der Waals surface area contributed by atoms with Crippen LogP contribution in [0.4, 0.5) is 11.4 Å². The standard InChI is InChI=1S/C16H24N4O/c1-4-19(3)16-7-5-14(6-8-16)13(2)18-15-11-17-20(12-15)9-10-21/h5-8,11-13,18,21H,4,9-10H2,1-3H3. The van der Waals surface area contributed by atoms with E-state index in [1.807, 2.05) is 6.20 Å². The van der Waals surface area contributed by atoms with Gasteiger partial charge < -0.3 is 15.3 Å². The lowest BCUT2D eigenvalue weighted by molar-refractivity contribution is 0.269. The molecule has 1 aromatic heterocycles. The molecule has 21 heavy (non-hydrogen) atoms. The molecule has 0 aliphatic carbocycles. The van der Waals surface area contributed by atoms with Crippen molar-refractivity contribution in [1.82, 2.24) is 9.78 Å². The molecule has 0 spiro atoms. The summed E-state index contributed by atoms with van der Waals surface area (Å²) >= 11 is 0. The van der Waals surface area contributed by atoms with E-state index >= 15 is 0 Å². The number of nitrogens with zero attached hydrogens (tertiary/aromatic N) is 3. The van der Waals surface area contributed by atoms with Crippen LogP contribution in [0.3, 0.4) is 0 Å². The van der Waals surface area contributed by atoms with E-state index in [4.69, 9.17) is 5.11 Å². The van der Waals surface area contributed by atoms with Gasteiger partial charge in [0.2, 0.25) is 0 Å². The molecule has 2 rings (SSSR count). The van der Waals surface area contributed by atoms with Gasteiger partial charge >= 0.3 is 0 Å². The Balaban J connectivity index is 2.00. The molecule has 1 aromatic carbocycles. The summed E-state index contributed by atoms with van der Waals surface area (Å²) in [7, 11) is 2.09. The predicted molar refractivity (Wildman–Crippen MR) is 86.7 cm³/mol. The van der Waals surface area contributed by atoms with E-state index < -0.39 is 0 Å². The van der Waals surface area contributed by atoms with Crippen molar-refractivity contribution in [2.24, 2.45) is 0 Å². The van der Waals surface area contributed by atoms with E-state index in [1.165, 1.54) is 11.3 Å². The number of aliphatic hydroxyl groups is 1. The third-order valence-electron chi connectivity index (χ3n) is 3.65. The molecule has 5 heteroatoms. The molecule has 1 unspecified atom stereocenters. The van der Waals surface area contributed by atoms with Gasteiger partial charge in [0.05, 0.1) is 25.0 Å². The molecule has 0 bridgehead atoms. The number of benzene rings is 1. The Kier molecular flexibility index (Phi) is 5.22. The van der Waals surface area contributed by atoms with Gasteiger partial charge in [-0.05, 0) is 31.5 Å². The summed E-state index contributed by atoms with van der Waals surface area (Å²) in [5.74, 6) is 0. The van der Waals surface area contributed by atoms with Crippen LogP contribution in [0.5, 0.6) is 0 Å². The Labute approximate surface area is 126 Å². The van der Waals surface area contributed by atoms with Crippen molar-refractivity contribution in [3.63, 3.8) is 0 Å². The van der Waals surface area contributed by atoms with Crippen LogP contribution in [0.15, 0.2) is 36.7 Å². The monoisotopic (exact) mass is 288 g/mol. The summed E-state index contributed by atoms with van der Waals surface area (Å²) in [4.78, 5) is 2.21. The van der Waals surface area contributed by atoms with Crippen molar-refractivity contribution >= 4 is 11.4 Å². The molecule has 1 heterocycles. The molecule has 2 N–H and O–H groups in total. The lowest BCUT2D eigenvalue weighted by atomic mass is 10.1. The van der Waals surface area contributed by atoms with Gasteiger partial charge in [0.1, 0.15) is 0 Å². The Hall–Kier alpha value is -2.01. The molecule has 0 fully saturated rings. The normalized spacial score (nSPS) is 12.2. The van der Waals surface area contributed by atoms with Crippen LogP contribution in [0.25, 0.3) is 0 Å².